The molecule has 2 heterocycles. The molecular weight excluding hydrogens is 300 g/mol. The van der Waals surface area contributed by atoms with Crippen molar-refractivity contribution >= 4 is 22.6 Å². The second-order valence-corrected chi connectivity index (χ2v) is 6.92. The first kappa shape index (κ1) is 15.0. The van der Waals surface area contributed by atoms with Crippen LogP contribution in [0.5, 0.6) is 0 Å². The molecule has 1 amide bonds. The molecule has 1 aliphatic rings. The van der Waals surface area contributed by atoms with Crippen molar-refractivity contribution in [1.29, 1.82) is 0 Å². The monoisotopic (exact) mass is 322 g/mol. The summed E-state index contributed by atoms with van der Waals surface area (Å²) in [6.45, 7) is 6.12. The number of H-pyrrole nitrogens is 2. The summed E-state index contributed by atoms with van der Waals surface area (Å²) in [5.74, 6) is 1.02. The molecule has 0 radical (unpaired) electrons. The van der Waals surface area contributed by atoms with Crippen molar-refractivity contribution < 1.29 is 4.79 Å². The number of aromatic amines is 2. The molecule has 0 spiro atoms. The summed E-state index contributed by atoms with van der Waals surface area (Å²) in [5.41, 5.74) is 6.08. The van der Waals surface area contributed by atoms with Gasteiger partial charge in [-0.25, -0.2) is 0 Å². The summed E-state index contributed by atoms with van der Waals surface area (Å²) < 4.78 is 0. The zero-order valence-corrected chi connectivity index (χ0v) is 14.3. The fourth-order valence-corrected chi connectivity index (χ4v) is 3.52. The van der Waals surface area contributed by atoms with Crippen LogP contribution in [0.1, 0.15) is 58.1 Å². The average molecular weight is 322 g/mol. The van der Waals surface area contributed by atoms with Crippen molar-refractivity contribution in [2.45, 2.75) is 46.0 Å². The fraction of sp³-hybridized carbons (Fsp3) is 0.368. The number of hydrogen-bond donors (Lipinski definition) is 3. The second kappa shape index (κ2) is 5.51. The van der Waals surface area contributed by atoms with Crippen molar-refractivity contribution in [2.24, 2.45) is 0 Å². The molecule has 4 rings (SSSR count). The molecule has 3 N–H and O–H groups in total. The van der Waals surface area contributed by atoms with Crippen LogP contribution in [0, 0.1) is 20.8 Å². The van der Waals surface area contributed by atoms with E-state index in [1.807, 2.05) is 13.0 Å². The molecule has 0 aliphatic heterocycles. The van der Waals surface area contributed by atoms with Gasteiger partial charge in [-0.2, -0.15) is 5.10 Å². The number of aromatic nitrogens is 3. The predicted octanol–water partition coefficient (Wildman–Crippen LogP) is 4.34. The van der Waals surface area contributed by atoms with Crippen LogP contribution in [0.2, 0.25) is 0 Å². The first-order valence-electron chi connectivity index (χ1n) is 8.49. The van der Waals surface area contributed by atoms with Gasteiger partial charge in [0.25, 0.3) is 5.91 Å². The number of carbonyl (C=O) groups is 1. The summed E-state index contributed by atoms with van der Waals surface area (Å²) in [7, 11) is 0. The smallest absolute Gasteiger partial charge is 0.273 e. The highest BCUT2D eigenvalue weighted by Crippen LogP contribution is 2.36. The van der Waals surface area contributed by atoms with Gasteiger partial charge >= 0.3 is 0 Å². The van der Waals surface area contributed by atoms with E-state index >= 15 is 0 Å². The summed E-state index contributed by atoms with van der Waals surface area (Å²) in [5, 5.41) is 11.3. The van der Waals surface area contributed by atoms with Crippen molar-refractivity contribution in [2.75, 3.05) is 5.32 Å². The van der Waals surface area contributed by atoms with Crippen LogP contribution in [-0.4, -0.2) is 21.1 Å². The number of nitrogens with zero attached hydrogens (tertiary/aromatic N) is 1. The molecular formula is C19H22N4O. The average Bonchev–Trinajstić information content (AvgIpc) is 3.03. The first-order valence-corrected chi connectivity index (χ1v) is 8.49. The van der Waals surface area contributed by atoms with Crippen LogP contribution in [0.3, 0.4) is 0 Å². The number of nitrogens with one attached hydrogen (secondary N) is 3. The Bertz CT molecular complexity index is 930. The Balaban J connectivity index is 1.62. The van der Waals surface area contributed by atoms with Gasteiger partial charge in [-0.05, 0) is 50.8 Å². The van der Waals surface area contributed by atoms with Gasteiger partial charge in [0.2, 0.25) is 0 Å². The van der Waals surface area contributed by atoms with Crippen LogP contribution in [0.25, 0.3) is 10.9 Å². The minimum Gasteiger partial charge on any atom is -0.350 e. The lowest BCUT2D eigenvalue weighted by molar-refractivity contribution is 0.102. The van der Waals surface area contributed by atoms with E-state index in [1.165, 1.54) is 24.8 Å². The molecule has 3 aromatic rings. The van der Waals surface area contributed by atoms with Crippen molar-refractivity contribution in [3.05, 3.63) is 46.3 Å². The zero-order chi connectivity index (χ0) is 16.8. The van der Waals surface area contributed by atoms with Crippen molar-refractivity contribution in [3.8, 4) is 0 Å². The van der Waals surface area contributed by atoms with E-state index in [1.54, 1.807) is 0 Å². The van der Waals surface area contributed by atoms with Gasteiger partial charge in [0.15, 0.2) is 5.82 Å². The fourth-order valence-electron chi connectivity index (χ4n) is 3.52. The zero-order valence-electron chi connectivity index (χ0n) is 14.3. The quantitative estimate of drug-likeness (QED) is 0.671. The third-order valence-electron chi connectivity index (χ3n) is 5.12. The summed E-state index contributed by atoms with van der Waals surface area (Å²) in [6.07, 6.45) is 3.68. The van der Waals surface area contributed by atoms with Gasteiger partial charge in [-0.1, -0.05) is 18.1 Å². The molecule has 1 aliphatic carbocycles. The Hall–Kier alpha value is -2.56. The third kappa shape index (κ3) is 2.40. The Labute approximate surface area is 140 Å². The molecule has 24 heavy (non-hydrogen) atoms. The van der Waals surface area contributed by atoms with Gasteiger partial charge < -0.3 is 10.3 Å². The molecule has 0 unspecified atom stereocenters. The molecule has 1 aromatic carbocycles. The van der Waals surface area contributed by atoms with E-state index in [2.05, 4.69) is 46.5 Å². The summed E-state index contributed by atoms with van der Waals surface area (Å²) >= 11 is 0. The van der Waals surface area contributed by atoms with Gasteiger partial charge in [-0.3, -0.25) is 9.89 Å². The van der Waals surface area contributed by atoms with Crippen molar-refractivity contribution in [1.82, 2.24) is 15.2 Å². The standard InChI is InChI=1S/C19H22N4O/c1-10-7-11(2)17-14(8-10)12(3)18(21-17)19(24)20-16-9-15(22-23-16)13-5-4-6-13/h7-9,13,21H,4-6H2,1-3H3,(H2,20,22,23,24). The van der Waals surface area contributed by atoms with E-state index in [-0.39, 0.29) is 5.91 Å². The van der Waals surface area contributed by atoms with Crippen molar-refractivity contribution in [3.63, 3.8) is 0 Å². The topological polar surface area (TPSA) is 73.6 Å². The highest BCUT2D eigenvalue weighted by molar-refractivity contribution is 6.07. The highest BCUT2D eigenvalue weighted by Gasteiger charge is 2.22. The lowest BCUT2D eigenvalue weighted by Crippen LogP contribution is -2.13. The maximum Gasteiger partial charge on any atom is 0.273 e. The second-order valence-electron chi connectivity index (χ2n) is 6.92. The van der Waals surface area contributed by atoms with E-state index in [0.29, 0.717) is 17.4 Å². The number of aryl methyl sites for hydroxylation is 3. The maximum atomic E-state index is 12.7. The maximum absolute atomic E-state index is 12.7. The molecule has 5 nitrogen and oxygen atoms in total. The lowest BCUT2D eigenvalue weighted by atomic mass is 9.83. The lowest BCUT2D eigenvalue weighted by Gasteiger charge is -2.23. The SMILES string of the molecule is Cc1cc(C)c2[nH]c(C(=O)Nc3cc(C4CCC4)[nH]n3)c(C)c2c1. The van der Waals surface area contributed by atoms with Crippen LogP contribution in [0.4, 0.5) is 5.82 Å². The molecule has 0 atom stereocenters. The van der Waals surface area contributed by atoms with Crippen LogP contribution in [-0.2, 0) is 0 Å². The van der Waals surface area contributed by atoms with E-state index in [9.17, 15) is 4.79 Å². The minimum absolute atomic E-state index is 0.146. The van der Waals surface area contributed by atoms with E-state index in [0.717, 1.165) is 27.7 Å². The van der Waals surface area contributed by atoms with Crippen LogP contribution in [0.15, 0.2) is 18.2 Å². The number of fused-ring (bicyclic) bond motifs is 1. The molecule has 1 saturated carbocycles. The highest BCUT2D eigenvalue weighted by atomic mass is 16.2. The van der Waals surface area contributed by atoms with E-state index in [4.69, 9.17) is 0 Å². The van der Waals surface area contributed by atoms with Gasteiger partial charge in [0, 0.05) is 28.6 Å². The molecule has 0 saturated heterocycles. The Morgan fingerprint density at radius 3 is 2.71 bits per heavy atom. The van der Waals surface area contributed by atoms with Gasteiger partial charge in [0.05, 0.1) is 0 Å². The predicted molar refractivity (Wildman–Crippen MR) is 95.6 cm³/mol. The number of carbonyl (C=O) groups excluding carboxylic acids is 1. The minimum atomic E-state index is -0.146. The number of benzene rings is 1. The molecule has 0 bridgehead atoms. The number of rotatable bonds is 3. The van der Waals surface area contributed by atoms with Gasteiger partial charge in [-0.15, -0.1) is 0 Å². The summed E-state index contributed by atoms with van der Waals surface area (Å²) in [6, 6.07) is 6.20. The Kier molecular flexibility index (Phi) is 3.44. The Morgan fingerprint density at radius 1 is 1.21 bits per heavy atom. The third-order valence-corrected chi connectivity index (χ3v) is 5.12. The molecule has 124 valence electrons. The first-order chi connectivity index (χ1) is 11.5. The molecule has 5 heteroatoms. The van der Waals surface area contributed by atoms with Crippen LogP contribution < -0.4 is 5.32 Å². The van der Waals surface area contributed by atoms with Gasteiger partial charge in [0.1, 0.15) is 5.69 Å². The van der Waals surface area contributed by atoms with E-state index < -0.39 is 0 Å². The number of hydrogen-bond acceptors (Lipinski definition) is 2. The molecule has 2 aromatic heterocycles. The largest absolute Gasteiger partial charge is 0.350 e. The number of anilines is 1. The Morgan fingerprint density at radius 2 is 2.00 bits per heavy atom. The summed E-state index contributed by atoms with van der Waals surface area (Å²) in [4.78, 5) is 15.9. The normalized spacial score (nSPS) is 14.8. The van der Waals surface area contributed by atoms with Crippen LogP contribution >= 0.6 is 0 Å². The number of amides is 1. The molecule has 1 fully saturated rings.